The summed E-state index contributed by atoms with van der Waals surface area (Å²) in [4.78, 5) is 27.6. The predicted molar refractivity (Wildman–Crippen MR) is 118 cm³/mol. The van der Waals surface area contributed by atoms with Crippen molar-refractivity contribution >= 4 is 23.5 Å². The number of hydrogen-bond acceptors (Lipinski definition) is 3. The summed E-state index contributed by atoms with van der Waals surface area (Å²) in [6.07, 6.45) is 3.09. The molecular formula is C26H21NO3. The van der Waals surface area contributed by atoms with Crippen molar-refractivity contribution in [3.8, 4) is 0 Å². The van der Waals surface area contributed by atoms with Crippen LogP contribution in [0.4, 0.5) is 5.69 Å². The number of aliphatic hydroxyl groups excluding tert-OH is 1. The first-order valence-electron chi connectivity index (χ1n) is 9.72. The molecule has 0 aliphatic carbocycles. The molecule has 0 saturated heterocycles. The van der Waals surface area contributed by atoms with E-state index in [1.807, 2.05) is 85.8 Å². The smallest absolute Gasteiger partial charge is 0.294 e. The topological polar surface area (TPSA) is 57.6 Å². The molecule has 0 radical (unpaired) electrons. The molecule has 0 spiro atoms. The number of aryl methyl sites for hydroxylation is 1. The highest BCUT2D eigenvalue weighted by Crippen LogP contribution is 2.41. The van der Waals surface area contributed by atoms with Crippen LogP contribution in [0.3, 0.4) is 0 Å². The molecule has 4 nitrogen and oxygen atoms in total. The number of ketones is 1. The van der Waals surface area contributed by atoms with Gasteiger partial charge in [-0.25, -0.2) is 0 Å². The zero-order valence-corrected chi connectivity index (χ0v) is 16.5. The Balaban J connectivity index is 1.78. The van der Waals surface area contributed by atoms with Gasteiger partial charge in [0, 0.05) is 5.69 Å². The number of amides is 1. The maximum Gasteiger partial charge on any atom is 0.294 e. The molecule has 1 aliphatic rings. The first-order valence-corrected chi connectivity index (χ1v) is 9.72. The number of nitrogens with zero attached hydrogens (tertiary/aromatic N) is 1. The first-order chi connectivity index (χ1) is 14.6. The third kappa shape index (κ3) is 3.67. The van der Waals surface area contributed by atoms with Crippen molar-refractivity contribution in [2.45, 2.75) is 13.0 Å². The fraction of sp³-hybridized carbons (Fsp3) is 0.0769. The maximum atomic E-state index is 13.1. The zero-order chi connectivity index (χ0) is 21.1. The fourth-order valence-electron chi connectivity index (χ4n) is 3.68. The minimum absolute atomic E-state index is 0.0832. The molecular weight excluding hydrogens is 374 g/mol. The van der Waals surface area contributed by atoms with Gasteiger partial charge in [-0.2, -0.15) is 0 Å². The second-order valence-electron chi connectivity index (χ2n) is 7.20. The minimum Gasteiger partial charge on any atom is -0.503 e. The highest BCUT2D eigenvalue weighted by molar-refractivity contribution is 6.19. The third-order valence-electron chi connectivity index (χ3n) is 5.10. The third-order valence-corrected chi connectivity index (χ3v) is 5.10. The van der Waals surface area contributed by atoms with E-state index in [9.17, 15) is 14.7 Å². The van der Waals surface area contributed by atoms with Crippen molar-refractivity contribution in [1.29, 1.82) is 0 Å². The summed E-state index contributed by atoms with van der Waals surface area (Å²) < 4.78 is 0. The lowest BCUT2D eigenvalue weighted by Crippen LogP contribution is -2.30. The van der Waals surface area contributed by atoms with E-state index in [1.165, 1.54) is 11.0 Å². The molecule has 1 amide bonds. The lowest BCUT2D eigenvalue weighted by Gasteiger charge is -2.27. The number of carbonyl (C=O) groups excluding carboxylic acids is 2. The van der Waals surface area contributed by atoms with Crippen molar-refractivity contribution < 1.29 is 14.7 Å². The first kappa shape index (κ1) is 19.4. The molecule has 1 aliphatic heterocycles. The molecule has 0 saturated carbocycles. The Morgan fingerprint density at radius 2 is 1.60 bits per heavy atom. The summed E-state index contributed by atoms with van der Waals surface area (Å²) in [5.74, 6) is -1.48. The van der Waals surface area contributed by atoms with Gasteiger partial charge in [0.15, 0.2) is 11.5 Å². The summed E-state index contributed by atoms with van der Waals surface area (Å²) in [5, 5.41) is 10.7. The lowest BCUT2D eigenvalue weighted by molar-refractivity contribution is -0.117. The molecule has 0 aromatic heterocycles. The van der Waals surface area contributed by atoms with Crippen LogP contribution in [0, 0.1) is 6.92 Å². The fourth-order valence-corrected chi connectivity index (χ4v) is 3.68. The quantitative estimate of drug-likeness (QED) is 0.606. The van der Waals surface area contributed by atoms with Crippen molar-refractivity contribution in [2.75, 3.05) is 4.90 Å². The number of rotatable bonds is 5. The summed E-state index contributed by atoms with van der Waals surface area (Å²) >= 11 is 0. The molecule has 1 heterocycles. The van der Waals surface area contributed by atoms with E-state index in [4.69, 9.17) is 0 Å². The standard InChI is InChI=1S/C26H21NO3/c1-18-9-8-14-21(17-18)27-24(20-12-6-3-7-13-20)23(25(29)26(27)30)22(28)16-15-19-10-4-2-5-11-19/h2-17,24,29H,1H3/b16-15+/t24-/m0/s1. The SMILES string of the molecule is Cc1cccc(N2C(=O)C(O)=C(C(=O)/C=C/c3ccccc3)[C@@H]2c2ccccc2)c1. The Morgan fingerprint density at radius 3 is 2.27 bits per heavy atom. The van der Waals surface area contributed by atoms with Gasteiger partial charge in [-0.05, 0) is 41.8 Å². The molecule has 1 N–H and O–H groups in total. The molecule has 3 aromatic rings. The number of allylic oxidation sites excluding steroid dienone is 1. The van der Waals surface area contributed by atoms with E-state index in [0.717, 1.165) is 16.7 Å². The normalized spacial score (nSPS) is 16.5. The van der Waals surface area contributed by atoms with Crippen molar-refractivity contribution in [3.63, 3.8) is 0 Å². The Bertz CT molecular complexity index is 1150. The van der Waals surface area contributed by atoms with Gasteiger partial charge in [0.05, 0.1) is 11.6 Å². The average molecular weight is 395 g/mol. The summed E-state index contributed by atoms with van der Waals surface area (Å²) in [6, 6.07) is 25.5. The summed E-state index contributed by atoms with van der Waals surface area (Å²) in [5.41, 5.74) is 3.32. The van der Waals surface area contributed by atoms with Gasteiger partial charge in [-0.3, -0.25) is 14.5 Å². The highest BCUT2D eigenvalue weighted by atomic mass is 16.3. The molecule has 3 aromatic carbocycles. The van der Waals surface area contributed by atoms with Crippen LogP contribution in [0.2, 0.25) is 0 Å². The van der Waals surface area contributed by atoms with Gasteiger partial charge in [0.1, 0.15) is 0 Å². The van der Waals surface area contributed by atoms with E-state index >= 15 is 0 Å². The molecule has 0 unspecified atom stereocenters. The van der Waals surface area contributed by atoms with Gasteiger partial charge in [-0.1, -0.05) is 78.9 Å². The average Bonchev–Trinajstić information content (AvgIpc) is 3.04. The molecule has 148 valence electrons. The van der Waals surface area contributed by atoms with Crippen LogP contribution in [0.25, 0.3) is 6.08 Å². The van der Waals surface area contributed by atoms with Crippen LogP contribution in [-0.4, -0.2) is 16.8 Å². The van der Waals surface area contributed by atoms with Crippen LogP contribution in [0.1, 0.15) is 22.7 Å². The van der Waals surface area contributed by atoms with Crippen LogP contribution >= 0.6 is 0 Å². The Hall–Kier alpha value is -3.92. The number of benzene rings is 3. The number of hydrogen-bond donors (Lipinski definition) is 1. The predicted octanol–water partition coefficient (Wildman–Crippen LogP) is 5.18. The second-order valence-corrected chi connectivity index (χ2v) is 7.20. The Kier molecular flexibility index (Phi) is 5.31. The van der Waals surface area contributed by atoms with E-state index < -0.39 is 23.5 Å². The van der Waals surface area contributed by atoms with E-state index in [-0.39, 0.29) is 5.57 Å². The highest BCUT2D eigenvalue weighted by Gasteiger charge is 2.43. The van der Waals surface area contributed by atoms with Gasteiger partial charge in [-0.15, -0.1) is 0 Å². The Labute approximate surface area is 175 Å². The molecule has 0 fully saturated rings. The number of anilines is 1. The second kappa shape index (κ2) is 8.21. The van der Waals surface area contributed by atoms with Crippen molar-refractivity contribution in [3.05, 3.63) is 119 Å². The van der Waals surface area contributed by atoms with Crippen LogP contribution in [-0.2, 0) is 9.59 Å². The zero-order valence-electron chi connectivity index (χ0n) is 16.5. The van der Waals surface area contributed by atoms with Gasteiger partial charge < -0.3 is 5.11 Å². The number of aliphatic hydroxyl groups is 1. The van der Waals surface area contributed by atoms with Crippen LogP contribution in [0.5, 0.6) is 0 Å². The van der Waals surface area contributed by atoms with Crippen molar-refractivity contribution in [2.24, 2.45) is 0 Å². The van der Waals surface area contributed by atoms with E-state index in [1.54, 1.807) is 12.1 Å². The Morgan fingerprint density at radius 1 is 0.933 bits per heavy atom. The van der Waals surface area contributed by atoms with E-state index in [2.05, 4.69) is 0 Å². The number of carbonyl (C=O) groups is 2. The lowest BCUT2D eigenvalue weighted by atomic mass is 9.95. The molecule has 4 rings (SSSR count). The minimum atomic E-state index is -0.701. The van der Waals surface area contributed by atoms with E-state index in [0.29, 0.717) is 5.69 Å². The van der Waals surface area contributed by atoms with Gasteiger partial charge in [0.25, 0.3) is 5.91 Å². The van der Waals surface area contributed by atoms with Crippen molar-refractivity contribution in [1.82, 2.24) is 0 Å². The van der Waals surface area contributed by atoms with Crippen LogP contribution in [0.15, 0.2) is 102 Å². The molecule has 0 bridgehead atoms. The summed E-state index contributed by atoms with van der Waals surface area (Å²) in [7, 11) is 0. The largest absolute Gasteiger partial charge is 0.503 e. The molecule has 30 heavy (non-hydrogen) atoms. The van der Waals surface area contributed by atoms with Crippen LogP contribution < -0.4 is 4.90 Å². The monoisotopic (exact) mass is 395 g/mol. The van der Waals surface area contributed by atoms with Gasteiger partial charge in [0.2, 0.25) is 0 Å². The molecule has 1 atom stereocenters. The summed E-state index contributed by atoms with van der Waals surface area (Å²) in [6.45, 7) is 1.93. The maximum absolute atomic E-state index is 13.1. The van der Waals surface area contributed by atoms with Gasteiger partial charge >= 0.3 is 0 Å². The molecule has 4 heteroatoms.